The van der Waals surface area contributed by atoms with Crippen LogP contribution in [0.5, 0.6) is 0 Å². The molecule has 0 saturated carbocycles. The number of azide groups is 1. The maximum atomic E-state index is 8.32. The average molecular weight is 196 g/mol. The Bertz CT molecular complexity index is 314. The van der Waals surface area contributed by atoms with E-state index in [9.17, 15) is 0 Å². The lowest BCUT2D eigenvalue weighted by Crippen LogP contribution is -1.91. The van der Waals surface area contributed by atoms with E-state index in [-0.39, 0.29) is 6.04 Å². The van der Waals surface area contributed by atoms with E-state index in [2.05, 4.69) is 10.0 Å². The minimum absolute atomic E-state index is 0.0812. The van der Waals surface area contributed by atoms with Gasteiger partial charge in [-0.05, 0) is 29.6 Å². The first-order valence-corrected chi connectivity index (χ1v) is 4.45. The minimum atomic E-state index is -0.0812. The Morgan fingerprint density at radius 3 is 2.54 bits per heavy atom. The second-order valence-corrected chi connectivity index (χ2v) is 3.12. The van der Waals surface area contributed by atoms with Gasteiger partial charge in [0.05, 0.1) is 6.04 Å². The molecular formula is C9H10ClN3. The van der Waals surface area contributed by atoms with Crippen molar-refractivity contribution in [2.75, 3.05) is 0 Å². The lowest BCUT2D eigenvalue weighted by Gasteiger charge is -2.07. The number of benzene rings is 1. The highest BCUT2D eigenvalue weighted by atomic mass is 35.5. The highest BCUT2D eigenvalue weighted by Crippen LogP contribution is 2.22. The van der Waals surface area contributed by atoms with Gasteiger partial charge in [-0.3, -0.25) is 0 Å². The first-order chi connectivity index (χ1) is 6.27. The Hall–Kier alpha value is -1.18. The molecule has 0 amide bonds. The predicted octanol–water partition coefficient (Wildman–Crippen LogP) is 4.10. The normalized spacial score (nSPS) is 11.8. The van der Waals surface area contributed by atoms with E-state index < -0.39 is 0 Å². The Kier molecular flexibility index (Phi) is 3.62. The summed E-state index contributed by atoms with van der Waals surface area (Å²) < 4.78 is 0. The summed E-state index contributed by atoms with van der Waals surface area (Å²) in [4.78, 5) is 2.80. The molecule has 1 unspecified atom stereocenters. The van der Waals surface area contributed by atoms with Gasteiger partial charge in [-0.25, -0.2) is 0 Å². The van der Waals surface area contributed by atoms with E-state index in [1.165, 1.54) is 0 Å². The van der Waals surface area contributed by atoms with Crippen LogP contribution < -0.4 is 0 Å². The van der Waals surface area contributed by atoms with Crippen molar-refractivity contribution in [1.82, 2.24) is 0 Å². The molecule has 0 radical (unpaired) electrons. The minimum Gasteiger partial charge on any atom is -0.0859 e. The van der Waals surface area contributed by atoms with Gasteiger partial charge in [-0.15, -0.1) is 0 Å². The predicted molar refractivity (Wildman–Crippen MR) is 53.6 cm³/mol. The SMILES string of the molecule is CCC(N=[N+]=[N-])c1ccc(Cl)cc1. The van der Waals surface area contributed by atoms with Crippen LogP contribution in [-0.4, -0.2) is 0 Å². The standard InChI is InChI=1S/C9H10ClN3/c1-2-9(12-13-11)7-3-5-8(10)6-4-7/h3-6,9H,2H2,1H3. The number of rotatable bonds is 3. The molecule has 0 spiro atoms. The van der Waals surface area contributed by atoms with Gasteiger partial charge in [-0.1, -0.05) is 35.8 Å². The van der Waals surface area contributed by atoms with Crippen molar-refractivity contribution in [2.45, 2.75) is 19.4 Å². The smallest absolute Gasteiger partial charge is 0.0622 e. The molecule has 1 aromatic carbocycles. The van der Waals surface area contributed by atoms with Gasteiger partial charge < -0.3 is 0 Å². The summed E-state index contributed by atoms with van der Waals surface area (Å²) in [5.41, 5.74) is 9.32. The van der Waals surface area contributed by atoms with Crippen molar-refractivity contribution in [3.05, 3.63) is 45.3 Å². The van der Waals surface area contributed by atoms with Crippen LogP contribution in [0.2, 0.25) is 5.02 Å². The molecule has 0 aliphatic carbocycles. The third kappa shape index (κ3) is 2.65. The van der Waals surface area contributed by atoms with E-state index >= 15 is 0 Å². The summed E-state index contributed by atoms with van der Waals surface area (Å²) in [5.74, 6) is 0. The van der Waals surface area contributed by atoms with Crippen LogP contribution in [0.3, 0.4) is 0 Å². The number of nitrogens with zero attached hydrogens (tertiary/aromatic N) is 3. The molecule has 0 N–H and O–H groups in total. The van der Waals surface area contributed by atoms with Crippen LogP contribution >= 0.6 is 11.6 Å². The highest BCUT2D eigenvalue weighted by molar-refractivity contribution is 6.30. The molecule has 0 saturated heterocycles. The van der Waals surface area contributed by atoms with E-state index in [1.54, 1.807) is 12.1 Å². The molecule has 3 nitrogen and oxygen atoms in total. The van der Waals surface area contributed by atoms with Crippen LogP contribution in [-0.2, 0) is 0 Å². The summed E-state index contributed by atoms with van der Waals surface area (Å²) >= 11 is 5.73. The van der Waals surface area contributed by atoms with Crippen molar-refractivity contribution in [2.24, 2.45) is 5.11 Å². The largest absolute Gasteiger partial charge is 0.0859 e. The van der Waals surface area contributed by atoms with Crippen LogP contribution in [0.15, 0.2) is 29.4 Å². The third-order valence-electron chi connectivity index (χ3n) is 1.83. The Labute approximate surface area is 82.0 Å². The number of hydrogen-bond donors (Lipinski definition) is 0. The maximum Gasteiger partial charge on any atom is 0.0622 e. The maximum absolute atomic E-state index is 8.32. The van der Waals surface area contributed by atoms with Crippen molar-refractivity contribution >= 4 is 11.6 Å². The molecule has 1 atom stereocenters. The Morgan fingerprint density at radius 2 is 2.08 bits per heavy atom. The zero-order chi connectivity index (χ0) is 9.68. The van der Waals surface area contributed by atoms with Crippen molar-refractivity contribution in [3.8, 4) is 0 Å². The topological polar surface area (TPSA) is 48.8 Å². The Balaban J connectivity index is 2.91. The first kappa shape index (κ1) is 9.90. The van der Waals surface area contributed by atoms with Gasteiger partial charge >= 0.3 is 0 Å². The molecule has 0 aromatic heterocycles. The van der Waals surface area contributed by atoms with Crippen molar-refractivity contribution < 1.29 is 0 Å². The van der Waals surface area contributed by atoms with E-state index in [4.69, 9.17) is 17.1 Å². The molecule has 0 heterocycles. The molecule has 0 aliphatic heterocycles. The molecule has 0 fully saturated rings. The van der Waals surface area contributed by atoms with Crippen LogP contribution in [0.1, 0.15) is 24.9 Å². The summed E-state index contributed by atoms with van der Waals surface area (Å²) in [6.07, 6.45) is 0.797. The molecule has 13 heavy (non-hydrogen) atoms. The zero-order valence-corrected chi connectivity index (χ0v) is 8.07. The van der Waals surface area contributed by atoms with Gasteiger partial charge in [0, 0.05) is 9.93 Å². The zero-order valence-electron chi connectivity index (χ0n) is 7.31. The van der Waals surface area contributed by atoms with Crippen LogP contribution in [0, 0.1) is 0 Å². The van der Waals surface area contributed by atoms with Crippen molar-refractivity contribution in [3.63, 3.8) is 0 Å². The highest BCUT2D eigenvalue weighted by Gasteiger charge is 2.05. The first-order valence-electron chi connectivity index (χ1n) is 4.07. The van der Waals surface area contributed by atoms with Gasteiger partial charge in [0.25, 0.3) is 0 Å². The van der Waals surface area contributed by atoms with Gasteiger partial charge in [-0.2, -0.15) is 0 Å². The third-order valence-corrected chi connectivity index (χ3v) is 2.08. The molecular weight excluding hydrogens is 186 g/mol. The van der Waals surface area contributed by atoms with Crippen LogP contribution in [0.4, 0.5) is 0 Å². The molecule has 4 heteroatoms. The fourth-order valence-electron chi connectivity index (χ4n) is 1.13. The summed E-state index contributed by atoms with van der Waals surface area (Å²) in [7, 11) is 0. The number of halogens is 1. The fraction of sp³-hybridized carbons (Fsp3) is 0.333. The fourth-order valence-corrected chi connectivity index (χ4v) is 1.26. The molecule has 68 valence electrons. The van der Waals surface area contributed by atoms with Gasteiger partial charge in [0.2, 0.25) is 0 Å². The molecule has 0 aliphatic rings. The lowest BCUT2D eigenvalue weighted by atomic mass is 10.1. The van der Waals surface area contributed by atoms with Gasteiger partial charge in [0.1, 0.15) is 0 Å². The average Bonchev–Trinajstić information content (AvgIpc) is 2.16. The summed E-state index contributed by atoms with van der Waals surface area (Å²) in [6.45, 7) is 1.98. The van der Waals surface area contributed by atoms with Gasteiger partial charge in [0.15, 0.2) is 0 Å². The van der Waals surface area contributed by atoms with E-state index in [0.29, 0.717) is 5.02 Å². The molecule has 1 aromatic rings. The summed E-state index contributed by atoms with van der Waals surface area (Å²) in [6, 6.07) is 7.28. The van der Waals surface area contributed by atoms with E-state index in [0.717, 1.165) is 12.0 Å². The van der Waals surface area contributed by atoms with Crippen molar-refractivity contribution in [1.29, 1.82) is 0 Å². The van der Waals surface area contributed by atoms with Crippen LogP contribution in [0.25, 0.3) is 10.4 Å². The Morgan fingerprint density at radius 1 is 1.46 bits per heavy atom. The summed E-state index contributed by atoms with van der Waals surface area (Å²) in [5, 5.41) is 4.37. The lowest BCUT2D eigenvalue weighted by molar-refractivity contribution is 0.693. The molecule has 0 bridgehead atoms. The quantitative estimate of drug-likeness (QED) is 0.396. The second-order valence-electron chi connectivity index (χ2n) is 2.68. The van der Waals surface area contributed by atoms with E-state index in [1.807, 2.05) is 19.1 Å². The molecule has 1 rings (SSSR count). The monoisotopic (exact) mass is 195 g/mol. The second kappa shape index (κ2) is 4.75. The number of hydrogen-bond acceptors (Lipinski definition) is 1.